The quantitative estimate of drug-likeness (QED) is 0.579. The van der Waals surface area contributed by atoms with Gasteiger partial charge in [0.25, 0.3) is 0 Å². The summed E-state index contributed by atoms with van der Waals surface area (Å²) in [7, 11) is 0. The fourth-order valence-electron chi connectivity index (χ4n) is 1.74. The number of hydrogen-bond donors (Lipinski definition) is 0. The predicted octanol–water partition coefficient (Wildman–Crippen LogP) is 2.10. The zero-order chi connectivity index (χ0) is 15.7. The molecule has 2 heterocycles. The van der Waals surface area contributed by atoms with Gasteiger partial charge in [-0.25, -0.2) is 9.59 Å². The second kappa shape index (κ2) is 6.42. The van der Waals surface area contributed by atoms with Crippen LogP contribution in [0.4, 0.5) is 0 Å². The number of carbonyl (C=O) groups is 2. The molecule has 0 bridgehead atoms. The van der Waals surface area contributed by atoms with Crippen LogP contribution in [0, 0.1) is 0 Å². The SMILES string of the molecule is O=C(OCC1CO1)c1ccc(Cl)c(Cl)c1C(=O)OCC1CO1. The number of ether oxygens (including phenoxy) is 4. The Kier molecular flexibility index (Phi) is 4.54. The van der Waals surface area contributed by atoms with Crippen molar-refractivity contribution in [3.05, 3.63) is 33.3 Å². The van der Waals surface area contributed by atoms with E-state index >= 15 is 0 Å². The normalized spacial score (nSPS) is 22.1. The first-order chi connectivity index (χ1) is 10.6. The minimum atomic E-state index is -0.738. The predicted molar refractivity (Wildman–Crippen MR) is 76.5 cm³/mol. The summed E-state index contributed by atoms with van der Waals surface area (Å²) in [5.41, 5.74) is -0.0895. The average molecular weight is 347 g/mol. The zero-order valence-electron chi connectivity index (χ0n) is 11.3. The highest BCUT2D eigenvalue weighted by Gasteiger charge is 2.30. The van der Waals surface area contributed by atoms with Gasteiger partial charge in [0.15, 0.2) is 0 Å². The van der Waals surface area contributed by atoms with Crippen LogP contribution < -0.4 is 0 Å². The Balaban J connectivity index is 1.78. The van der Waals surface area contributed by atoms with Crippen molar-refractivity contribution in [1.82, 2.24) is 0 Å². The summed E-state index contributed by atoms with van der Waals surface area (Å²) in [4.78, 5) is 24.3. The van der Waals surface area contributed by atoms with Crippen molar-refractivity contribution in [2.45, 2.75) is 12.2 Å². The van der Waals surface area contributed by atoms with Crippen LogP contribution in [0.2, 0.25) is 10.0 Å². The lowest BCUT2D eigenvalue weighted by Crippen LogP contribution is -2.18. The van der Waals surface area contributed by atoms with Crippen LogP contribution in [-0.4, -0.2) is 50.6 Å². The van der Waals surface area contributed by atoms with Gasteiger partial charge in [0.1, 0.15) is 25.4 Å². The van der Waals surface area contributed by atoms with E-state index in [9.17, 15) is 9.59 Å². The van der Waals surface area contributed by atoms with E-state index in [1.165, 1.54) is 12.1 Å². The molecule has 0 saturated carbocycles. The maximum Gasteiger partial charge on any atom is 0.340 e. The van der Waals surface area contributed by atoms with Gasteiger partial charge in [-0.15, -0.1) is 0 Å². The fraction of sp³-hybridized carbons (Fsp3) is 0.429. The molecule has 0 spiro atoms. The zero-order valence-corrected chi connectivity index (χ0v) is 12.9. The lowest BCUT2D eigenvalue weighted by molar-refractivity contribution is 0.0431. The number of hydrogen-bond acceptors (Lipinski definition) is 6. The number of esters is 2. The summed E-state index contributed by atoms with van der Waals surface area (Å²) < 4.78 is 20.1. The van der Waals surface area contributed by atoms with Crippen LogP contribution >= 0.6 is 23.2 Å². The van der Waals surface area contributed by atoms with E-state index in [4.69, 9.17) is 42.1 Å². The molecule has 2 aliphatic rings. The van der Waals surface area contributed by atoms with Crippen LogP contribution in [0.25, 0.3) is 0 Å². The summed E-state index contributed by atoms with van der Waals surface area (Å²) in [6, 6.07) is 2.81. The first-order valence-corrected chi connectivity index (χ1v) is 7.37. The Morgan fingerprint density at radius 1 is 1.05 bits per heavy atom. The van der Waals surface area contributed by atoms with Crippen LogP contribution in [0.1, 0.15) is 20.7 Å². The van der Waals surface area contributed by atoms with Gasteiger partial charge in [-0.05, 0) is 12.1 Å². The fourth-order valence-corrected chi connectivity index (χ4v) is 2.14. The average Bonchev–Trinajstić information content (AvgIpc) is 3.38. The van der Waals surface area contributed by atoms with E-state index in [2.05, 4.69) is 0 Å². The maximum absolute atomic E-state index is 12.2. The van der Waals surface area contributed by atoms with Crippen molar-refractivity contribution in [3.63, 3.8) is 0 Å². The van der Waals surface area contributed by atoms with Crippen LogP contribution in [0.3, 0.4) is 0 Å². The topological polar surface area (TPSA) is 77.7 Å². The molecule has 0 aromatic heterocycles. The Bertz CT molecular complexity index is 610. The summed E-state index contributed by atoms with van der Waals surface area (Å²) in [6.45, 7) is 1.34. The van der Waals surface area contributed by atoms with E-state index in [-0.39, 0.29) is 46.6 Å². The molecule has 0 aliphatic carbocycles. The minimum absolute atomic E-state index is 0.0109. The highest BCUT2D eigenvalue weighted by atomic mass is 35.5. The van der Waals surface area contributed by atoms with Gasteiger partial charge in [0, 0.05) is 0 Å². The van der Waals surface area contributed by atoms with E-state index in [0.717, 1.165) is 0 Å². The van der Waals surface area contributed by atoms with Gasteiger partial charge < -0.3 is 18.9 Å². The van der Waals surface area contributed by atoms with Gasteiger partial charge in [-0.2, -0.15) is 0 Å². The van der Waals surface area contributed by atoms with Gasteiger partial charge in [0.05, 0.1) is 34.4 Å². The van der Waals surface area contributed by atoms with E-state index in [1.54, 1.807) is 0 Å². The first kappa shape index (κ1) is 15.6. The molecule has 2 aliphatic heterocycles. The Morgan fingerprint density at radius 2 is 1.59 bits per heavy atom. The third-order valence-electron chi connectivity index (χ3n) is 3.12. The number of halogens is 2. The number of epoxide rings is 2. The molecule has 2 saturated heterocycles. The maximum atomic E-state index is 12.2. The second-order valence-corrected chi connectivity index (χ2v) is 5.68. The van der Waals surface area contributed by atoms with E-state index in [1.807, 2.05) is 0 Å². The highest BCUT2D eigenvalue weighted by molar-refractivity contribution is 6.44. The number of benzene rings is 1. The van der Waals surface area contributed by atoms with E-state index < -0.39 is 11.9 Å². The molecule has 3 rings (SSSR count). The van der Waals surface area contributed by atoms with Gasteiger partial charge in [-0.1, -0.05) is 23.2 Å². The van der Waals surface area contributed by atoms with Crippen LogP contribution in [0.5, 0.6) is 0 Å². The Morgan fingerprint density at radius 3 is 2.14 bits per heavy atom. The van der Waals surface area contributed by atoms with Crippen molar-refractivity contribution in [3.8, 4) is 0 Å². The smallest absolute Gasteiger partial charge is 0.340 e. The molecule has 22 heavy (non-hydrogen) atoms. The molecule has 8 heteroatoms. The number of carbonyl (C=O) groups excluding carboxylic acids is 2. The summed E-state index contributed by atoms with van der Waals surface area (Å²) in [5.74, 6) is -1.42. The summed E-state index contributed by atoms with van der Waals surface area (Å²) in [5, 5.41) is 0.110. The van der Waals surface area contributed by atoms with E-state index in [0.29, 0.717) is 13.2 Å². The minimum Gasteiger partial charge on any atom is -0.459 e. The molecular formula is C14H12Cl2O6. The molecule has 2 fully saturated rings. The largest absolute Gasteiger partial charge is 0.459 e. The Hall–Kier alpha value is -1.34. The highest BCUT2D eigenvalue weighted by Crippen LogP contribution is 2.30. The van der Waals surface area contributed by atoms with Gasteiger partial charge in [0.2, 0.25) is 0 Å². The Labute approximate surface area is 136 Å². The molecule has 2 unspecified atom stereocenters. The van der Waals surface area contributed by atoms with Crippen molar-refractivity contribution in [1.29, 1.82) is 0 Å². The molecular weight excluding hydrogens is 335 g/mol. The molecule has 1 aromatic rings. The van der Waals surface area contributed by atoms with Crippen molar-refractivity contribution in [2.75, 3.05) is 26.4 Å². The van der Waals surface area contributed by atoms with Crippen molar-refractivity contribution in [2.24, 2.45) is 0 Å². The van der Waals surface area contributed by atoms with Crippen molar-refractivity contribution >= 4 is 35.1 Å². The summed E-state index contributed by atoms with van der Waals surface area (Å²) in [6.07, 6.45) is -0.168. The first-order valence-electron chi connectivity index (χ1n) is 6.61. The van der Waals surface area contributed by atoms with Crippen molar-refractivity contribution < 1.29 is 28.5 Å². The lowest BCUT2D eigenvalue weighted by atomic mass is 10.1. The number of rotatable bonds is 6. The summed E-state index contributed by atoms with van der Waals surface area (Å²) >= 11 is 12.0. The molecule has 118 valence electrons. The lowest BCUT2D eigenvalue weighted by Gasteiger charge is -2.11. The van der Waals surface area contributed by atoms with Crippen LogP contribution in [0.15, 0.2) is 12.1 Å². The standard InChI is InChI=1S/C14H12Cl2O6/c15-10-2-1-9(13(17)21-5-7-3-19-7)11(12(10)16)14(18)22-6-8-4-20-8/h1-2,7-8H,3-6H2. The molecule has 0 radical (unpaired) electrons. The third kappa shape index (κ3) is 3.70. The molecule has 6 nitrogen and oxygen atoms in total. The molecule has 2 atom stereocenters. The molecule has 0 N–H and O–H groups in total. The van der Waals surface area contributed by atoms with Gasteiger partial charge in [-0.3, -0.25) is 0 Å². The molecule has 0 amide bonds. The third-order valence-corrected chi connectivity index (χ3v) is 3.93. The monoisotopic (exact) mass is 346 g/mol. The van der Waals surface area contributed by atoms with Crippen LogP contribution in [-0.2, 0) is 18.9 Å². The second-order valence-electron chi connectivity index (χ2n) is 4.89. The van der Waals surface area contributed by atoms with Gasteiger partial charge >= 0.3 is 11.9 Å². The molecule has 1 aromatic carbocycles.